The zero-order valence-electron chi connectivity index (χ0n) is 10.4. The first-order valence-electron chi connectivity index (χ1n) is 5.61. The zero-order valence-corrected chi connectivity index (χ0v) is 12.8. The van der Waals surface area contributed by atoms with Crippen LogP contribution in [0.2, 0.25) is 0 Å². The topological polar surface area (TPSA) is 83.5 Å². The van der Waals surface area contributed by atoms with Crippen LogP contribution < -0.4 is 4.72 Å². The molecule has 0 spiro atoms. The van der Waals surface area contributed by atoms with Gasteiger partial charge < -0.3 is 5.11 Å². The van der Waals surface area contributed by atoms with Crippen molar-refractivity contribution in [1.29, 1.82) is 0 Å². The molecule has 0 saturated heterocycles. The second kappa shape index (κ2) is 5.82. The summed E-state index contributed by atoms with van der Waals surface area (Å²) in [7, 11) is -4.07. The van der Waals surface area contributed by atoms with Crippen LogP contribution >= 0.6 is 15.9 Å². The summed E-state index contributed by atoms with van der Waals surface area (Å²) >= 11 is 3.11. The Morgan fingerprint density at radius 3 is 2.52 bits per heavy atom. The molecule has 0 aliphatic heterocycles. The van der Waals surface area contributed by atoms with Gasteiger partial charge in [-0.2, -0.15) is 0 Å². The molecule has 2 aromatic rings. The van der Waals surface area contributed by atoms with Crippen molar-refractivity contribution in [2.75, 3.05) is 4.72 Å². The van der Waals surface area contributed by atoms with Gasteiger partial charge in [-0.15, -0.1) is 0 Å². The second-order valence-corrected chi connectivity index (χ2v) is 6.66. The average molecular weight is 374 g/mol. The third kappa shape index (κ3) is 3.59. The highest BCUT2D eigenvalue weighted by molar-refractivity contribution is 9.10. The van der Waals surface area contributed by atoms with Crippen molar-refractivity contribution >= 4 is 37.6 Å². The number of rotatable bonds is 4. The minimum atomic E-state index is -4.07. The molecule has 0 fully saturated rings. The van der Waals surface area contributed by atoms with E-state index in [0.29, 0.717) is 4.47 Å². The molecule has 5 nitrogen and oxygen atoms in total. The molecule has 0 atom stereocenters. The van der Waals surface area contributed by atoms with Gasteiger partial charge in [-0.25, -0.2) is 17.6 Å². The third-order valence-corrected chi connectivity index (χ3v) is 4.42. The first-order chi connectivity index (χ1) is 9.79. The number of hydrogen-bond donors (Lipinski definition) is 2. The van der Waals surface area contributed by atoms with Crippen LogP contribution in [0, 0.1) is 5.82 Å². The number of halogens is 2. The normalized spacial score (nSPS) is 11.1. The van der Waals surface area contributed by atoms with Gasteiger partial charge in [0, 0.05) is 4.47 Å². The van der Waals surface area contributed by atoms with Crippen molar-refractivity contribution in [3.63, 3.8) is 0 Å². The minimum Gasteiger partial charge on any atom is -0.478 e. The summed E-state index contributed by atoms with van der Waals surface area (Å²) in [5.74, 6) is -1.99. The fraction of sp³-hybridized carbons (Fsp3) is 0. The molecule has 0 unspecified atom stereocenters. The molecule has 0 amide bonds. The first kappa shape index (κ1) is 15.5. The van der Waals surface area contributed by atoms with Crippen molar-refractivity contribution in [2.45, 2.75) is 4.90 Å². The van der Waals surface area contributed by atoms with Crippen molar-refractivity contribution in [1.82, 2.24) is 0 Å². The number of anilines is 1. The molecule has 0 heterocycles. The Kier molecular flexibility index (Phi) is 4.29. The number of benzene rings is 2. The molecule has 21 heavy (non-hydrogen) atoms. The highest BCUT2D eigenvalue weighted by Crippen LogP contribution is 2.24. The van der Waals surface area contributed by atoms with Gasteiger partial charge in [0.2, 0.25) is 0 Å². The Balaban J connectivity index is 2.44. The van der Waals surface area contributed by atoms with E-state index in [4.69, 9.17) is 5.11 Å². The third-order valence-electron chi connectivity index (χ3n) is 2.56. The van der Waals surface area contributed by atoms with Crippen molar-refractivity contribution in [3.05, 3.63) is 58.3 Å². The summed E-state index contributed by atoms with van der Waals surface area (Å²) in [6.45, 7) is 0. The summed E-state index contributed by atoms with van der Waals surface area (Å²) in [4.78, 5) is 10.8. The lowest BCUT2D eigenvalue weighted by atomic mass is 10.2. The van der Waals surface area contributed by atoms with Gasteiger partial charge in [0.1, 0.15) is 5.82 Å². The smallest absolute Gasteiger partial charge is 0.337 e. The van der Waals surface area contributed by atoms with Gasteiger partial charge in [-0.3, -0.25) is 4.72 Å². The van der Waals surface area contributed by atoms with E-state index in [2.05, 4.69) is 20.7 Å². The molecule has 0 aliphatic carbocycles. The Morgan fingerprint density at radius 2 is 1.90 bits per heavy atom. The zero-order chi connectivity index (χ0) is 15.6. The summed E-state index contributed by atoms with van der Waals surface area (Å²) in [6.07, 6.45) is 0. The highest BCUT2D eigenvalue weighted by Gasteiger charge is 2.19. The van der Waals surface area contributed by atoms with Gasteiger partial charge >= 0.3 is 5.97 Å². The maximum Gasteiger partial charge on any atom is 0.337 e. The van der Waals surface area contributed by atoms with Crippen LogP contribution in [0.5, 0.6) is 0 Å². The summed E-state index contributed by atoms with van der Waals surface area (Å²) in [6, 6.07) is 8.50. The molecule has 8 heteroatoms. The molecule has 0 radical (unpaired) electrons. The number of carboxylic acids is 1. The SMILES string of the molecule is O=C(O)c1cc(Br)ccc1NS(=O)(=O)c1cccc(F)c1. The van der Waals surface area contributed by atoms with E-state index < -0.39 is 21.8 Å². The molecule has 2 N–H and O–H groups in total. The lowest BCUT2D eigenvalue weighted by Gasteiger charge is -2.11. The Morgan fingerprint density at radius 1 is 1.19 bits per heavy atom. The number of carboxylic acid groups (broad SMARTS) is 1. The van der Waals surface area contributed by atoms with Crippen LogP contribution in [0.1, 0.15) is 10.4 Å². The Bertz CT molecular complexity index is 808. The van der Waals surface area contributed by atoms with Crippen LogP contribution in [0.4, 0.5) is 10.1 Å². The lowest BCUT2D eigenvalue weighted by molar-refractivity contribution is 0.0698. The van der Waals surface area contributed by atoms with Crippen LogP contribution in [-0.4, -0.2) is 19.5 Å². The van der Waals surface area contributed by atoms with E-state index in [1.165, 1.54) is 30.3 Å². The second-order valence-electron chi connectivity index (χ2n) is 4.06. The molecule has 2 aromatic carbocycles. The van der Waals surface area contributed by atoms with Gasteiger partial charge in [-0.05, 0) is 36.4 Å². The highest BCUT2D eigenvalue weighted by atomic mass is 79.9. The maximum atomic E-state index is 13.1. The molecular weight excluding hydrogens is 365 g/mol. The van der Waals surface area contributed by atoms with Crippen LogP contribution in [-0.2, 0) is 10.0 Å². The van der Waals surface area contributed by atoms with E-state index >= 15 is 0 Å². The van der Waals surface area contributed by atoms with Crippen molar-refractivity contribution in [3.8, 4) is 0 Å². The summed E-state index contributed by atoms with van der Waals surface area (Å²) < 4.78 is 40.0. The van der Waals surface area contributed by atoms with E-state index in [0.717, 1.165) is 12.1 Å². The largest absolute Gasteiger partial charge is 0.478 e. The maximum absolute atomic E-state index is 13.1. The monoisotopic (exact) mass is 373 g/mol. The van der Waals surface area contributed by atoms with Gasteiger partial charge in [-0.1, -0.05) is 22.0 Å². The number of hydrogen-bond acceptors (Lipinski definition) is 3. The Hall–Kier alpha value is -1.93. The summed E-state index contributed by atoms with van der Waals surface area (Å²) in [5.41, 5.74) is -0.320. The molecule has 0 aliphatic rings. The fourth-order valence-electron chi connectivity index (χ4n) is 1.62. The number of carbonyl (C=O) groups is 1. The van der Waals surface area contributed by atoms with Gasteiger partial charge in [0.05, 0.1) is 16.1 Å². The predicted octanol–water partition coefficient (Wildman–Crippen LogP) is 3.09. The fourth-order valence-corrected chi connectivity index (χ4v) is 3.09. The van der Waals surface area contributed by atoms with E-state index in [-0.39, 0.29) is 16.1 Å². The quantitative estimate of drug-likeness (QED) is 0.862. The van der Waals surface area contributed by atoms with E-state index in [9.17, 15) is 17.6 Å². The van der Waals surface area contributed by atoms with Gasteiger partial charge in [0.15, 0.2) is 0 Å². The standard InChI is InChI=1S/C13H9BrFNO4S/c14-8-4-5-12(11(6-8)13(17)18)16-21(19,20)10-3-1-2-9(15)7-10/h1-7,16H,(H,17,18). The van der Waals surface area contributed by atoms with E-state index in [1.54, 1.807) is 0 Å². The molecule has 2 rings (SSSR count). The van der Waals surface area contributed by atoms with Crippen molar-refractivity contribution in [2.24, 2.45) is 0 Å². The molecular formula is C13H9BrFNO4S. The molecule has 110 valence electrons. The van der Waals surface area contributed by atoms with Gasteiger partial charge in [0.25, 0.3) is 10.0 Å². The van der Waals surface area contributed by atoms with Crippen molar-refractivity contribution < 1.29 is 22.7 Å². The average Bonchev–Trinajstić information content (AvgIpc) is 2.40. The molecule has 0 aromatic heterocycles. The minimum absolute atomic E-state index is 0.102. The van der Waals surface area contributed by atoms with Crippen LogP contribution in [0.15, 0.2) is 51.8 Å². The van der Waals surface area contributed by atoms with Crippen LogP contribution in [0.3, 0.4) is 0 Å². The number of nitrogens with one attached hydrogen (secondary N) is 1. The first-order valence-corrected chi connectivity index (χ1v) is 7.88. The molecule has 0 saturated carbocycles. The van der Waals surface area contributed by atoms with E-state index in [1.807, 2.05) is 0 Å². The lowest BCUT2D eigenvalue weighted by Crippen LogP contribution is -2.15. The molecule has 0 bridgehead atoms. The number of sulfonamides is 1. The number of aromatic carboxylic acids is 1. The predicted molar refractivity (Wildman–Crippen MR) is 78.3 cm³/mol. The Labute approximate surface area is 128 Å². The summed E-state index contributed by atoms with van der Waals surface area (Å²) in [5, 5.41) is 9.09. The van der Waals surface area contributed by atoms with Crippen LogP contribution in [0.25, 0.3) is 0 Å².